The average Bonchev–Trinajstić information content (AvgIpc) is 2.15. The fourth-order valence-electron chi connectivity index (χ4n) is 1.26. The summed E-state index contributed by atoms with van der Waals surface area (Å²) >= 11 is 0. The lowest BCUT2D eigenvalue weighted by molar-refractivity contribution is -0.131. The summed E-state index contributed by atoms with van der Waals surface area (Å²) in [5, 5.41) is 2.49. The van der Waals surface area contributed by atoms with Gasteiger partial charge >= 0.3 is 6.18 Å². The van der Waals surface area contributed by atoms with Crippen molar-refractivity contribution in [3.05, 3.63) is 23.8 Å². The first-order valence-corrected chi connectivity index (χ1v) is 4.79. The van der Waals surface area contributed by atoms with E-state index in [1.54, 1.807) is 0 Å². The number of primary amides is 1. The predicted octanol–water partition coefficient (Wildman–Crippen LogP) is 1.73. The highest BCUT2D eigenvalue weighted by atomic mass is 19.4. The molecule has 0 spiro atoms. The van der Waals surface area contributed by atoms with Crippen LogP contribution in [0.5, 0.6) is 0 Å². The van der Waals surface area contributed by atoms with E-state index in [2.05, 4.69) is 5.32 Å². The lowest BCUT2D eigenvalue weighted by Gasteiger charge is -2.12. The molecule has 0 aliphatic carbocycles. The minimum atomic E-state index is -4.25. The highest BCUT2D eigenvalue weighted by molar-refractivity contribution is 5.99. The van der Waals surface area contributed by atoms with Gasteiger partial charge in [-0.2, -0.15) is 13.2 Å². The van der Waals surface area contributed by atoms with E-state index in [-0.39, 0.29) is 17.8 Å². The maximum atomic E-state index is 11.9. The van der Waals surface area contributed by atoms with Crippen LogP contribution in [0.2, 0.25) is 0 Å². The summed E-state index contributed by atoms with van der Waals surface area (Å²) in [5.74, 6) is -0.723. The van der Waals surface area contributed by atoms with E-state index in [0.717, 1.165) is 0 Å². The van der Waals surface area contributed by atoms with E-state index in [4.69, 9.17) is 11.5 Å². The molecule has 0 aromatic heterocycles. The zero-order chi connectivity index (χ0) is 13.1. The van der Waals surface area contributed by atoms with Crippen molar-refractivity contribution in [1.82, 2.24) is 0 Å². The Kier molecular flexibility index (Phi) is 3.82. The molecule has 0 aliphatic rings. The number of halogens is 3. The van der Waals surface area contributed by atoms with Gasteiger partial charge in [-0.1, -0.05) is 0 Å². The fraction of sp³-hybridized carbons (Fsp3) is 0.300. The third kappa shape index (κ3) is 4.21. The van der Waals surface area contributed by atoms with E-state index in [1.807, 2.05) is 0 Å². The molecule has 1 rings (SSSR count). The van der Waals surface area contributed by atoms with Gasteiger partial charge in [-0.15, -0.1) is 0 Å². The summed E-state index contributed by atoms with van der Waals surface area (Å²) in [6.07, 6.45) is -5.25. The van der Waals surface area contributed by atoms with Gasteiger partial charge in [0, 0.05) is 17.9 Å². The van der Waals surface area contributed by atoms with Crippen molar-refractivity contribution >= 4 is 17.3 Å². The first kappa shape index (κ1) is 13.1. The predicted molar refractivity (Wildman–Crippen MR) is 58.5 cm³/mol. The van der Waals surface area contributed by atoms with Crippen LogP contribution in [0.15, 0.2) is 18.2 Å². The summed E-state index contributed by atoms with van der Waals surface area (Å²) in [6, 6.07) is 4.19. The lowest BCUT2D eigenvalue weighted by Crippen LogP contribution is -2.18. The Bertz CT molecular complexity index is 418. The Hall–Kier alpha value is -1.92. The Balaban J connectivity index is 2.75. The number of alkyl halides is 3. The fourth-order valence-corrected chi connectivity index (χ4v) is 1.26. The second-order valence-electron chi connectivity index (χ2n) is 3.46. The first-order chi connectivity index (χ1) is 7.79. The maximum Gasteiger partial charge on any atom is 0.390 e. The molecule has 0 unspecified atom stereocenters. The van der Waals surface area contributed by atoms with Crippen LogP contribution in [0, 0.1) is 0 Å². The molecule has 0 heterocycles. The van der Waals surface area contributed by atoms with Crippen LogP contribution in [0.25, 0.3) is 0 Å². The smallest absolute Gasteiger partial charge is 0.390 e. The summed E-state index contributed by atoms with van der Waals surface area (Å²) in [5.41, 5.74) is 11.2. The second kappa shape index (κ2) is 4.94. The lowest BCUT2D eigenvalue weighted by atomic mass is 10.1. The van der Waals surface area contributed by atoms with Crippen LogP contribution in [0.1, 0.15) is 16.8 Å². The highest BCUT2D eigenvalue weighted by Crippen LogP contribution is 2.22. The van der Waals surface area contributed by atoms with Gasteiger partial charge in [-0.25, -0.2) is 0 Å². The number of anilines is 2. The number of nitrogens with one attached hydrogen (secondary N) is 1. The van der Waals surface area contributed by atoms with Gasteiger partial charge in [0.05, 0.1) is 12.0 Å². The number of hydrogen-bond donors (Lipinski definition) is 3. The van der Waals surface area contributed by atoms with Crippen molar-refractivity contribution in [2.45, 2.75) is 12.6 Å². The van der Waals surface area contributed by atoms with Crippen molar-refractivity contribution in [2.24, 2.45) is 5.73 Å². The summed E-state index contributed by atoms with van der Waals surface area (Å²) in [6.45, 7) is -0.340. The molecule has 0 bridgehead atoms. The van der Waals surface area contributed by atoms with Crippen LogP contribution < -0.4 is 16.8 Å². The number of amides is 1. The molecule has 0 fully saturated rings. The Labute approximate surface area is 95.8 Å². The van der Waals surface area contributed by atoms with Crippen LogP contribution >= 0.6 is 0 Å². The van der Waals surface area contributed by atoms with Gasteiger partial charge in [0.1, 0.15) is 0 Å². The number of carbonyl (C=O) groups is 1. The van der Waals surface area contributed by atoms with Crippen LogP contribution in [-0.4, -0.2) is 18.6 Å². The number of nitrogen functional groups attached to an aromatic ring is 1. The minimum Gasteiger partial charge on any atom is -0.399 e. The van der Waals surface area contributed by atoms with E-state index in [9.17, 15) is 18.0 Å². The van der Waals surface area contributed by atoms with Crippen molar-refractivity contribution in [1.29, 1.82) is 0 Å². The molecule has 0 saturated carbocycles. The second-order valence-corrected chi connectivity index (χ2v) is 3.46. The summed E-state index contributed by atoms with van der Waals surface area (Å²) in [4.78, 5) is 11.0. The van der Waals surface area contributed by atoms with Crippen LogP contribution in [0.3, 0.4) is 0 Å². The quantitative estimate of drug-likeness (QED) is 0.709. The molecule has 0 atom stereocenters. The summed E-state index contributed by atoms with van der Waals surface area (Å²) in [7, 11) is 0. The highest BCUT2D eigenvalue weighted by Gasteiger charge is 2.26. The molecule has 0 radical (unpaired) electrons. The molecule has 0 aliphatic heterocycles. The van der Waals surface area contributed by atoms with E-state index >= 15 is 0 Å². The van der Waals surface area contributed by atoms with E-state index < -0.39 is 18.5 Å². The van der Waals surface area contributed by atoms with Crippen LogP contribution in [0.4, 0.5) is 24.5 Å². The number of nitrogens with two attached hydrogens (primary N) is 2. The molecular weight excluding hydrogens is 235 g/mol. The molecule has 17 heavy (non-hydrogen) atoms. The van der Waals surface area contributed by atoms with Gasteiger partial charge < -0.3 is 16.8 Å². The SMILES string of the molecule is NC(=O)c1ccc(N)cc1NCCC(F)(F)F. The van der Waals surface area contributed by atoms with E-state index in [1.165, 1.54) is 18.2 Å². The van der Waals surface area contributed by atoms with Gasteiger partial charge in [0.25, 0.3) is 5.91 Å². The number of benzene rings is 1. The topological polar surface area (TPSA) is 81.1 Å². The normalized spacial score (nSPS) is 11.2. The molecule has 4 nitrogen and oxygen atoms in total. The van der Waals surface area contributed by atoms with Crippen molar-refractivity contribution in [3.63, 3.8) is 0 Å². The van der Waals surface area contributed by atoms with Crippen molar-refractivity contribution < 1.29 is 18.0 Å². The molecular formula is C10H12F3N3O. The number of carbonyl (C=O) groups excluding carboxylic acids is 1. The maximum absolute atomic E-state index is 11.9. The molecule has 5 N–H and O–H groups in total. The molecule has 1 amide bonds. The minimum absolute atomic E-state index is 0.112. The van der Waals surface area contributed by atoms with Gasteiger partial charge in [0.2, 0.25) is 0 Å². The molecule has 1 aromatic rings. The van der Waals surface area contributed by atoms with E-state index in [0.29, 0.717) is 5.69 Å². The monoisotopic (exact) mass is 247 g/mol. The first-order valence-electron chi connectivity index (χ1n) is 4.79. The summed E-state index contributed by atoms with van der Waals surface area (Å²) < 4.78 is 35.8. The zero-order valence-corrected chi connectivity index (χ0v) is 8.84. The van der Waals surface area contributed by atoms with Gasteiger partial charge in [-0.05, 0) is 18.2 Å². The molecule has 1 aromatic carbocycles. The number of rotatable bonds is 4. The van der Waals surface area contributed by atoms with Crippen molar-refractivity contribution in [3.8, 4) is 0 Å². The molecule has 94 valence electrons. The zero-order valence-electron chi connectivity index (χ0n) is 8.84. The Morgan fingerprint density at radius 1 is 1.35 bits per heavy atom. The average molecular weight is 247 g/mol. The van der Waals surface area contributed by atoms with Gasteiger partial charge in [0.15, 0.2) is 0 Å². The Morgan fingerprint density at radius 3 is 2.53 bits per heavy atom. The van der Waals surface area contributed by atoms with Crippen LogP contribution in [-0.2, 0) is 0 Å². The largest absolute Gasteiger partial charge is 0.399 e. The molecule has 7 heteroatoms. The Morgan fingerprint density at radius 2 is 2.00 bits per heavy atom. The number of hydrogen-bond acceptors (Lipinski definition) is 3. The third-order valence-electron chi connectivity index (χ3n) is 2.03. The standard InChI is InChI=1S/C10H12F3N3O/c11-10(12,13)3-4-16-8-5-6(14)1-2-7(8)9(15)17/h1-2,5,16H,3-4,14H2,(H2,15,17). The van der Waals surface area contributed by atoms with Crippen molar-refractivity contribution in [2.75, 3.05) is 17.6 Å². The third-order valence-corrected chi connectivity index (χ3v) is 2.03. The molecule has 0 saturated heterocycles. The van der Waals surface area contributed by atoms with Gasteiger partial charge in [-0.3, -0.25) is 4.79 Å².